The van der Waals surface area contributed by atoms with Crippen molar-refractivity contribution in [3.8, 4) is 11.4 Å². The van der Waals surface area contributed by atoms with Crippen LogP contribution in [0.25, 0.3) is 16.7 Å². The fraction of sp³-hybridized carbons (Fsp3) is 0.227. The minimum atomic E-state index is 0.525. The van der Waals surface area contributed by atoms with Crippen LogP contribution in [0.1, 0.15) is 0 Å². The van der Waals surface area contributed by atoms with Crippen molar-refractivity contribution >= 4 is 28.4 Å². The molecule has 0 atom stereocenters. The van der Waals surface area contributed by atoms with E-state index in [1.807, 2.05) is 36.4 Å². The van der Waals surface area contributed by atoms with Crippen LogP contribution in [-0.4, -0.2) is 53.2 Å². The number of methoxy groups -OCH3 is 1. The van der Waals surface area contributed by atoms with Crippen LogP contribution in [0.4, 0.5) is 17.3 Å². The van der Waals surface area contributed by atoms with Gasteiger partial charge in [0.2, 0.25) is 5.95 Å². The van der Waals surface area contributed by atoms with Crippen molar-refractivity contribution in [2.45, 2.75) is 0 Å². The van der Waals surface area contributed by atoms with Gasteiger partial charge < -0.3 is 19.7 Å². The SMILES string of the molecule is COc1ccc(-n2ncc3cnc(Nc4ccc(N5CCOCC5)cc4)nc32)cc1. The third-order valence-corrected chi connectivity index (χ3v) is 5.13. The van der Waals surface area contributed by atoms with Crippen molar-refractivity contribution in [2.24, 2.45) is 0 Å². The fourth-order valence-corrected chi connectivity index (χ4v) is 3.50. The van der Waals surface area contributed by atoms with Crippen LogP contribution < -0.4 is 15.0 Å². The van der Waals surface area contributed by atoms with Crippen molar-refractivity contribution in [1.29, 1.82) is 0 Å². The zero-order valence-electron chi connectivity index (χ0n) is 16.7. The largest absolute Gasteiger partial charge is 0.497 e. The number of fused-ring (bicyclic) bond motifs is 1. The van der Waals surface area contributed by atoms with Crippen molar-refractivity contribution in [2.75, 3.05) is 43.6 Å². The van der Waals surface area contributed by atoms with E-state index in [2.05, 4.69) is 37.4 Å². The van der Waals surface area contributed by atoms with Crippen molar-refractivity contribution in [1.82, 2.24) is 19.7 Å². The van der Waals surface area contributed by atoms with Gasteiger partial charge in [0, 0.05) is 30.7 Å². The van der Waals surface area contributed by atoms with Gasteiger partial charge in [-0.2, -0.15) is 10.1 Å². The predicted molar refractivity (Wildman–Crippen MR) is 116 cm³/mol. The summed E-state index contributed by atoms with van der Waals surface area (Å²) in [5.74, 6) is 1.32. The number of ether oxygens (including phenoxy) is 2. The van der Waals surface area contributed by atoms with Gasteiger partial charge >= 0.3 is 0 Å². The molecule has 0 bridgehead atoms. The molecule has 4 aromatic rings. The molecule has 5 rings (SSSR count). The molecule has 30 heavy (non-hydrogen) atoms. The van der Waals surface area contributed by atoms with Crippen molar-refractivity contribution < 1.29 is 9.47 Å². The Morgan fingerprint density at radius 1 is 0.933 bits per heavy atom. The molecule has 1 N–H and O–H groups in total. The predicted octanol–water partition coefficient (Wildman–Crippen LogP) is 3.40. The van der Waals surface area contributed by atoms with Crippen LogP contribution in [0.2, 0.25) is 0 Å². The number of anilines is 3. The highest BCUT2D eigenvalue weighted by Gasteiger charge is 2.12. The minimum absolute atomic E-state index is 0.525. The molecular weight excluding hydrogens is 380 g/mol. The Hall–Kier alpha value is -3.65. The monoisotopic (exact) mass is 402 g/mol. The number of rotatable bonds is 5. The Balaban J connectivity index is 1.38. The standard InChI is InChI=1S/C22H22N6O2/c1-29-20-8-6-19(7-9-20)28-21-16(15-24-28)14-23-22(26-21)25-17-2-4-18(5-3-17)27-10-12-30-13-11-27/h2-9,14-15H,10-13H2,1H3,(H,23,25,26). The highest BCUT2D eigenvalue weighted by atomic mass is 16.5. The maximum absolute atomic E-state index is 5.42. The maximum Gasteiger partial charge on any atom is 0.229 e. The molecule has 8 heteroatoms. The summed E-state index contributed by atoms with van der Waals surface area (Å²) in [7, 11) is 1.65. The van der Waals surface area contributed by atoms with E-state index in [1.54, 1.807) is 24.2 Å². The normalized spacial score (nSPS) is 14.1. The average molecular weight is 402 g/mol. The lowest BCUT2D eigenvalue weighted by Gasteiger charge is -2.28. The maximum atomic E-state index is 5.42. The number of nitrogens with one attached hydrogen (secondary N) is 1. The third-order valence-electron chi connectivity index (χ3n) is 5.13. The van der Waals surface area contributed by atoms with Gasteiger partial charge in [0.15, 0.2) is 5.65 Å². The van der Waals surface area contributed by atoms with Gasteiger partial charge in [0.05, 0.1) is 37.6 Å². The minimum Gasteiger partial charge on any atom is -0.497 e. The van der Waals surface area contributed by atoms with E-state index in [0.717, 1.165) is 54.5 Å². The first-order chi connectivity index (χ1) is 14.8. The summed E-state index contributed by atoms with van der Waals surface area (Å²) in [5, 5.41) is 8.62. The molecule has 1 aliphatic rings. The molecule has 0 spiro atoms. The highest BCUT2D eigenvalue weighted by Crippen LogP contribution is 2.23. The van der Waals surface area contributed by atoms with Crippen LogP contribution >= 0.6 is 0 Å². The van der Waals surface area contributed by atoms with Gasteiger partial charge in [-0.15, -0.1) is 0 Å². The third kappa shape index (κ3) is 3.65. The molecule has 0 radical (unpaired) electrons. The van der Waals surface area contributed by atoms with E-state index >= 15 is 0 Å². The lowest BCUT2D eigenvalue weighted by atomic mass is 10.2. The van der Waals surface area contributed by atoms with E-state index in [0.29, 0.717) is 5.95 Å². The van der Waals surface area contributed by atoms with E-state index in [4.69, 9.17) is 9.47 Å². The number of hydrogen-bond donors (Lipinski definition) is 1. The van der Waals surface area contributed by atoms with E-state index < -0.39 is 0 Å². The topological polar surface area (TPSA) is 77.3 Å². The van der Waals surface area contributed by atoms with Crippen LogP contribution in [0.3, 0.4) is 0 Å². The summed E-state index contributed by atoms with van der Waals surface area (Å²) < 4.78 is 12.4. The lowest BCUT2D eigenvalue weighted by Crippen LogP contribution is -2.36. The molecule has 0 saturated carbocycles. The average Bonchev–Trinajstić information content (AvgIpc) is 3.23. The number of hydrogen-bond acceptors (Lipinski definition) is 7. The molecular formula is C22H22N6O2. The van der Waals surface area contributed by atoms with Gasteiger partial charge in [-0.25, -0.2) is 9.67 Å². The Morgan fingerprint density at radius 2 is 1.67 bits per heavy atom. The number of nitrogens with zero attached hydrogens (tertiary/aromatic N) is 5. The first-order valence-electron chi connectivity index (χ1n) is 9.85. The summed E-state index contributed by atoms with van der Waals surface area (Å²) in [5.41, 5.74) is 3.77. The first-order valence-corrected chi connectivity index (χ1v) is 9.85. The fourth-order valence-electron chi connectivity index (χ4n) is 3.50. The summed E-state index contributed by atoms with van der Waals surface area (Å²) in [6.45, 7) is 3.38. The Bertz CT molecular complexity index is 1130. The van der Waals surface area contributed by atoms with Gasteiger partial charge in [-0.3, -0.25) is 0 Å². The highest BCUT2D eigenvalue weighted by molar-refractivity contribution is 5.77. The van der Waals surface area contributed by atoms with Gasteiger partial charge in [-0.05, 0) is 48.5 Å². The van der Waals surface area contributed by atoms with Crippen molar-refractivity contribution in [3.05, 3.63) is 60.9 Å². The van der Waals surface area contributed by atoms with Crippen LogP contribution in [0, 0.1) is 0 Å². The molecule has 2 aromatic carbocycles. The van der Waals surface area contributed by atoms with E-state index in [1.165, 1.54) is 5.69 Å². The lowest BCUT2D eigenvalue weighted by molar-refractivity contribution is 0.122. The molecule has 152 valence electrons. The van der Waals surface area contributed by atoms with Crippen LogP contribution in [0.5, 0.6) is 5.75 Å². The van der Waals surface area contributed by atoms with Gasteiger partial charge in [-0.1, -0.05) is 0 Å². The van der Waals surface area contributed by atoms with Crippen LogP contribution in [0.15, 0.2) is 60.9 Å². The quantitative estimate of drug-likeness (QED) is 0.548. The van der Waals surface area contributed by atoms with Crippen molar-refractivity contribution in [3.63, 3.8) is 0 Å². The summed E-state index contributed by atoms with van der Waals surface area (Å²) in [4.78, 5) is 11.4. The molecule has 3 heterocycles. The first kappa shape index (κ1) is 18.4. The van der Waals surface area contributed by atoms with Crippen LogP contribution in [-0.2, 0) is 4.74 Å². The number of morpholine rings is 1. The molecule has 1 saturated heterocycles. The molecule has 0 amide bonds. The Labute approximate surface area is 174 Å². The summed E-state index contributed by atoms with van der Waals surface area (Å²) >= 11 is 0. The number of benzene rings is 2. The molecule has 2 aromatic heterocycles. The second-order valence-electron chi connectivity index (χ2n) is 7.00. The molecule has 0 aliphatic carbocycles. The summed E-state index contributed by atoms with van der Waals surface area (Å²) in [6.07, 6.45) is 3.54. The zero-order valence-corrected chi connectivity index (χ0v) is 16.7. The molecule has 1 aliphatic heterocycles. The zero-order chi connectivity index (χ0) is 20.3. The molecule has 0 unspecified atom stereocenters. The molecule has 1 fully saturated rings. The van der Waals surface area contributed by atoms with Gasteiger partial charge in [0.1, 0.15) is 5.75 Å². The second kappa shape index (κ2) is 8.00. The van der Waals surface area contributed by atoms with Gasteiger partial charge in [0.25, 0.3) is 0 Å². The second-order valence-corrected chi connectivity index (χ2v) is 7.00. The smallest absolute Gasteiger partial charge is 0.229 e. The molecule has 8 nitrogen and oxygen atoms in total. The Morgan fingerprint density at radius 3 is 2.40 bits per heavy atom. The Kier molecular flexibility index (Phi) is 4.90. The summed E-state index contributed by atoms with van der Waals surface area (Å²) in [6, 6.07) is 16.0. The van der Waals surface area contributed by atoms with E-state index in [-0.39, 0.29) is 0 Å². The van der Waals surface area contributed by atoms with E-state index in [9.17, 15) is 0 Å². The number of aromatic nitrogens is 4.